The molecule has 0 amide bonds. The van der Waals surface area contributed by atoms with E-state index in [1.54, 1.807) is 31.2 Å². The monoisotopic (exact) mass is 345 g/mol. The van der Waals surface area contributed by atoms with E-state index in [9.17, 15) is 13.2 Å². The van der Waals surface area contributed by atoms with Crippen LogP contribution >= 0.6 is 15.9 Å². The molecule has 0 aliphatic heterocycles. The first kappa shape index (κ1) is 14.8. The lowest BCUT2D eigenvalue weighted by Crippen LogP contribution is -2.13. The molecule has 2 rings (SSSR count). The average molecular weight is 346 g/mol. The minimum atomic E-state index is -4.58. The number of hydrogen-bond donors (Lipinski definition) is 1. The molecule has 3 nitrogen and oxygen atoms in total. The number of anilines is 1. The molecule has 0 fully saturated rings. The van der Waals surface area contributed by atoms with Crippen molar-refractivity contribution in [1.82, 2.24) is 9.97 Å². The summed E-state index contributed by atoms with van der Waals surface area (Å²) in [7, 11) is 0. The summed E-state index contributed by atoms with van der Waals surface area (Å²) in [6.45, 7) is 2.26. The van der Waals surface area contributed by atoms with Crippen LogP contribution in [-0.4, -0.2) is 16.5 Å². The summed E-state index contributed by atoms with van der Waals surface area (Å²) in [6, 6.07) is 8.43. The van der Waals surface area contributed by atoms with E-state index in [2.05, 4.69) is 31.2 Å². The third-order valence-corrected chi connectivity index (χ3v) is 2.95. The zero-order valence-corrected chi connectivity index (χ0v) is 12.1. The van der Waals surface area contributed by atoms with Crippen molar-refractivity contribution in [1.29, 1.82) is 0 Å². The van der Waals surface area contributed by atoms with Gasteiger partial charge in [-0.3, -0.25) is 0 Å². The van der Waals surface area contributed by atoms with Gasteiger partial charge in [-0.25, -0.2) is 9.97 Å². The van der Waals surface area contributed by atoms with Crippen LogP contribution in [0.15, 0.2) is 34.8 Å². The molecular formula is C13H11BrF3N3. The first-order valence-corrected chi connectivity index (χ1v) is 6.65. The van der Waals surface area contributed by atoms with Crippen molar-refractivity contribution in [3.05, 3.63) is 40.6 Å². The SMILES string of the molecule is CCNc1cc(-c2cccc(Br)c2)nc(C(F)(F)F)n1. The zero-order chi connectivity index (χ0) is 14.8. The number of alkyl halides is 3. The van der Waals surface area contributed by atoms with E-state index in [1.165, 1.54) is 6.07 Å². The lowest BCUT2D eigenvalue weighted by Gasteiger charge is -2.11. The molecule has 1 N–H and O–H groups in total. The number of rotatable bonds is 3. The number of nitrogens with one attached hydrogen (secondary N) is 1. The van der Waals surface area contributed by atoms with E-state index >= 15 is 0 Å². The van der Waals surface area contributed by atoms with Crippen molar-refractivity contribution in [3.8, 4) is 11.3 Å². The van der Waals surface area contributed by atoms with Crippen molar-refractivity contribution in [2.75, 3.05) is 11.9 Å². The minimum Gasteiger partial charge on any atom is -0.370 e. The molecule has 0 saturated carbocycles. The van der Waals surface area contributed by atoms with Crippen LogP contribution in [-0.2, 0) is 6.18 Å². The Labute approximate surface area is 122 Å². The lowest BCUT2D eigenvalue weighted by atomic mass is 10.1. The summed E-state index contributed by atoms with van der Waals surface area (Å²) in [5.41, 5.74) is 0.816. The van der Waals surface area contributed by atoms with Crippen molar-refractivity contribution >= 4 is 21.7 Å². The van der Waals surface area contributed by atoms with Crippen LogP contribution in [0.1, 0.15) is 12.7 Å². The first-order chi connectivity index (χ1) is 9.40. The second kappa shape index (κ2) is 5.78. The van der Waals surface area contributed by atoms with Crippen molar-refractivity contribution in [2.45, 2.75) is 13.1 Å². The first-order valence-electron chi connectivity index (χ1n) is 5.86. The Balaban J connectivity index is 2.54. The highest BCUT2D eigenvalue weighted by Crippen LogP contribution is 2.30. The summed E-state index contributed by atoms with van der Waals surface area (Å²) in [4.78, 5) is 7.08. The van der Waals surface area contributed by atoms with Crippen molar-refractivity contribution in [3.63, 3.8) is 0 Å². The topological polar surface area (TPSA) is 37.8 Å². The standard InChI is InChI=1S/C13H11BrF3N3/c1-2-18-11-7-10(8-4-3-5-9(14)6-8)19-12(20-11)13(15,16)17/h3-7H,2H2,1H3,(H,18,19,20). The van der Waals surface area contributed by atoms with Gasteiger partial charge < -0.3 is 5.32 Å². The lowest BCUT2D eigenvalue weighted by molar-refractivity contribution is -0.144. The Bertz CT molecular complexity index is 614. The number of halogens is 4. The molecule has 0 aliphatic carbocycles. The van der Waals surface area contributed by atoms with Crippen LogP contribution in [0, 0.1) is 0 Å². The molecule has 0 radical (unpaired) electrons. The fraction of sp³-hybridized carbons (Fsp3) is 0.231. The van der Waals surface area contributed by atoms with Gasteiger partial charge in [-0.15, -0.1) is 0 Å². The molecule has 0 spiro atoms. The Hall–Kier alpha value is -1.63. The van der Waals surface area contributed by atoms with Crippen LogP contribution in [0.25, 0.3) is 11.3 Å². The van der Waals surface area contributed by atoms with Gasteiger partial charge in [-0.2, -0.15) is 13.2 Å². The van der Waals surface area contributed by atoms with Gasteiger partial charge in [0.2, 0.25) is 5.82 Å². The molecule has 2 aromatic rings. The maximum atomic E-state index is 12.8. The Kier molecular flexibility index (Phi) is 4.27. The van der Waals surface area contributed by atoms with Crippen LogP contribution < -0.4 is 5.32 Å². The minimum absolute atomic E-state index is 0.157. The maximum Gasteiger partial charge on any atom is 0.451 e. The van der Waals surface area contributed by atoms with E-state index in [1.807, 2.05) is 0 Å². The second-order valence-electron chi connectivity index (χ2n) is 4.00. The highest BCUT2D eigenvalue weighted by atomic mass is 79.9. The fourth-order valence-electron chi connectivity index (χ4n) is 1.64. The Morgan fingerprint density at radius 1 is 1.20 bits per heavy atom. The molecule has 7 heteroatoms. The number of nitrogens with zero attached hydrogens (tertiary/aromatic N) is 2. The summed E-state index contributed by atoms with van der Waals surface area (Å²) in [6.07, 6.45) is -4.58. The summed E-state index contributed by atoms with van der Waals surface area (Å²) < 4.78 is 39.2. The molecule has 0 unspecified atom stereocenters. The van der Waals surface area contributed by atoms with Gasteiger partial charge in [0, 0.05) is 22.6 Å². The second-order valence-corrected chi connectivity index (χ2v) is 4.92. The molecule has 1 aromatic heterocycles. The van der Waals surface area contributed by atoms with Gasteiger partial charge in [0.15, 0.2) is 0 Å². The third-order valence-electron chi connectivity index (χ3n) is 2.46. The predicted molar refractivity (Wildman–Crippen MR) is 74.3 cm³/mol. The summed E-state index contributed by atoms with van der Waals surface area (Å²) in [5.74, 6) is -0.990. The van der Waals surface area contributed by atoms with Crippen molar-refractivity contribution < 1.29 is 13.2 Å². The van der Waals surface area contributed by atoms with Gasteiger partial charge in [-0.1, -0.05) is 28.1 Å². The van der Waals surface area contributed by atoms with Gasteiger partial charge in [0.05, 0.1) is 5.69 Å². The molecule has 0 aliphatic rings. The Morgan fingerprint density at radius 2 is 1.95 bits per heavy atom. The molecule has 106 valence electrons. The predicted octanol–water partition coefficient (Wildman–Crippen LogP) is 4.36. The molecule has 0 atom stereocenters. The largest absolute Gasteiger partial charge is 0.451 e. The number of benzene rings is 1. The zero-order valence-electron chi connectivity index (χ0n) is 10.5. The van der Waals surface area contributed by atoms with E-state index in [0.717, 1.165) is 4.47 Å². The average Bonchev–Trinajstić information content (AvgIpc) is 2.38. The van der Waals surface area contributed by atoms with Gasteiger partial charge in [0.1, 0.15) is 5.82 Å². The van der Waals surface area contributed by atoms with E-state index in [0.29, 0.717) is 12.1 Å². The van der Waals surface area contributed by atoms with E-state index in [-0.39, 0.29) is 11.5 Å². The molecule has 0 saturated heterocycles. The molecule has 1 aromatic carbocycles. The van der Waals surface area contributed by atoms with Crippen LogP contribution in [0.2, 0.25) is 0 Å². The number of aromatic nitrogens is 2. The van der Waals surface area contributed by atoms with Crippen LogP contribution in [0.5, 0.6) is 0 Å². The third kappa shape index (κ3) is 3.47. The smallest absolute Gasteiger partial charge is 0.370 e. The summed E-state index contributed by atoms with van der Waals surface area (Å²) in [5, 5.41) is 2.78. The highest BCUT2D eigenvalue weighted by Gasteiger charge is 2.35. The van der Waals surface area contributed by atoms with Gasteiger partial charge in [0.25, 0.3) is 0 Å². The quantitative estimate of drug-likeness (QED) is 0.898. The molecule has 1 heterocycles. The van der Waals surface area contributed by atoms with Crippen LogP contribution in [0.3, 0.4) is 0 Å². The van der Waals surface area contributed by atoms with E-state index in [4.69, 9.17) is 0 Å². The van der Waals surface area contributed by atoms with Gasteiger partial charge in [-0.05, 0) is 19.1 Å². The van der Waals surface area contributed by atoms with Crippen LogP contribution in [0.4, 0.5) is 19.0 Å². The molecule has 20 heavy (non-hydrogen) atoms. The number of hydrogen-bond acceptors (Lipinski definition) is 3. The summed E-state index contributed by atoms with van der Waals surface area (Å²) >= 11 is 3.29. The maximum absolute atomic E-state index is 12.8. The van der Waals surface area contributed by atoms with Gasteiger partial charge >= 0.3 is 6.18 Å². The van der Waals surface area contributed by atoms with Crippen molar-refractivity contribution in [2.24, 2.45) is 0 Å². The normalized spacial score (nSPS) is 11.4. The molecular weight excluding hydrogens is 335 g/mol. The Morgan fingerprint density at radius 3 is 2.55 bits per heavy atom. The fourth-order valence-corrected chi connectivity index (χ4v) is 2.04. The highest BCUT2D eigenvalue weighted by molar-refractivity contribution is 9.10. The molecule has 0 bridgehead atoms. The van der Waals surface area contributed by atoms with E-state index < -0.39 is 12.0 Å².